The second-order valence-electron chi connectivity index (χ2n) is 12.2. The fourth-order valence-corrected chi connectivity index (χ4v) is 5.65. The summed E-state index contributed by atoms with van der Waals surface area (Å²) in [6, 6.07) is 11.2. The lowest BCUT2D eigenvalue weighted by atomic mass is 9.67. The Morgan fingerprint density at radius 3 is 1.27 bits per heavy atom. The van der Waals surface area contributed by atoms with Gasteiger partial charge >= 0.3 is 24.1 Å². The van der Waals surface area contributed by atoms with Gasteiger partial charge in [0.15, 0.2) is 0 Å². The quantitative estimate of drug-likeness (QED) is 0.546. The number of fused-ring (bicyclic) bond motifs is 2. The van der Waals surface area contributed by atoms with E-state index in [4.69, 9.17) is 9.47 Å². The van der Waals surface area contributed by atoms with Crippen LogP contribution in [0.25, 0.3) is 0 Å². The average molecular weight is 553 g/mol. The molecule has 0 saturated heterocycles. The van der Waals surface area contributed by atoms with E-state index in [1.807, 2.05) is 0 Å². The summed E-state index contributed by atoms with van der Waals surface area (Å²) >= 11 is 0. The number of hydrogen-bond donors (Lipinski definition) is 2. The number of hydrogen-bond acceptors (Lipinski definition) is 6. The van der Waals surface area contributed by atoms with Crippen LogP contribution in [0.4, 0.5) is 9.59 Å². The van der Waals surface area contributed by atoms with Gasteiger partial charge in [-0.3, -0.25) is 9.80 Å². The number of carboxylic acid groups (broad SMARTS) is 2. The van der Waals surface area contributed by atoms with Crippen molar-refractivity contribution in [1.29, 1.82) is 0 Å². The second-order valence-corrected chi connectivity index (χ2v) is 12.2. The van der Waals surface area contributed by atoms with Crippen LogP contribution in [0.15, 0.2) is 48.5 Å². The lowest BCUT2D eigenvalue weighted by molar-refractivity contribution is -0.149. The Morgan fingerprint density at radius 2 is 0.975 bits per heavy atom. The highest BCUT2D eigenvalue weighted by Gasteiger charge is 2.54. The first-order valence-electron chi connectivity index (χ1n) is 13.2. The number of carboxylic acids is 2. The SMILES string of the molecule is CC(C)(C)OC(=O)N1Cc2ccccc2[C@@H]([C@H]2c3ccccc3CN(C(=O)OC(C)(C)C)[C@H]2C(=O)O)[C@H]1C(=O)O. The predicted molar refractivity (Wildman–Crippen MR) is 145 cm³/mol. The predicted octanol–water partition coefficient (Wildman–Crippen LogP) is 4.96. The van der Waals surface area contributed by atoms with Gasteiger partial charge in [-0.15, -0.1) is 0 Å². The maximum Gasteiger partial charge on any atom is 0.411 e. The molecule has 2 amide bonds. The number of aliphatic carboxylic acids is 2. The highest BCUT2D eigenvalue weighted by atomic mass is 16.6. The van der Waals surface area contributed by atoms with Gasteiger partial charge in [0.2, 0.25) is 0 Å². The van der Waals surface area contributed by atoms with Crippen LogP contribution in [0.1, 0.15) is 75.6 Å². The molecule has 0 radical (unpaired) electrons. The van der Waals surface area contributed by atoms with E-state index < -0.39 is 59.2 Å². The summed E-state index contributed by atoms with van der Waals surface area (Å²) < 4.78 is 11.2. The minimum absolute atomic E-state index is 0.0273. The molecule has 0 fully saturated rings. The smallest absolute Gasteiger partial charge is 0.411 e. The van der Waals surface area contributed by atoms with E-state index in [9.17, 15) is 29.4 Å². The van der Waals surface area contributed by atoms with Gasteiger partial charge in [0, 0.05) is 11.8 Å². The second kappa shape index (κ2) is 10.5. The van der Waals surface area contributed by atoms with Crippen molar-refractivity contribution in [1.82, 2.24) is 9.80 Å². The van der Waals surface area contributed by atoms with Crippen LogP contribution in [0, 0.1) is 0 Å². The van der Waals surface area contributed by atoms with E-state index >= 15 is 0 Å². The minimum atomic E-state index is -1.47. The molecule has 0 aromatic heterocycles. The number of carbonyl (C=O) groups excluding carboxylic acids is 2. The van der Waals surface area contributed by atoms with Crippen molar-refractivity contribution in [3.05, 3.63) is 70.8 Å². The Morgan fingerprint density at radius 1 is 0.650 bits per heavy atom. The summed E-state index contributed by atoms with van der Waals surface area (Å²) in [6.45, 7) is 10.1. The van der Waals surface area contributed by atoms with Gasteiger partial charge in [-0.05, 0) is 63.8 Å². The average Bonchev–Trinajstić information content (AvgIpc) is 2.84. The highest BCUT2D eigenvalue weighted by Crippen LogP contribution is 2.49. The fourth-order valence-electron chi connectivity index (χ4n) is 5.65. The summed E-state index contributed by atoms with van der Waals surface area (Å²) in [6.07, 6.45) is -1.64. The minimum Gasteiger partial charge on any atom is -0.480 e. The van der Waals surface area contributed by atoms with Crippen LogP contribution in [-0.4, -0.2) is 67.4 Å². The topological polar surface area (TPSA) is 134 Å². The molecule has 214 valence electrons. The number of amides is 2. The van der Waals surface area contributed by atoms with Gasteiger partial charge in [-0.25, -0.2) is 19.2 Å². The summed E-state index contributed by atoms with van der Waals surface area (Å²) in [5.74, 6) is -4.66. The molecular formula is C30H36N2O8. The first-order valence-corrected chi connectivity index (χ1v) is 13.2. The molecule has 10 heteroatoms. The third-order valence-corrected chi connectivity index (χ3v) is 7.01. The van der Waals surface area contributed by atoms with Crippen molar-refractivity contribution in [2.24, 2.45) is 0 Å². The van der Waals surface area contributed by atoms with Gasteiger partial charge in [-0.2, -0.15) is 0 Å². The van der Waals surface area contributed by atoms with Crippen molar-refractivity contribution >= 4 is 24.1 Å². The summed E-state index contributed by atoms with van der Waals surface area (Å²) in [5, 5.41) is 21.2. The first-order chi connectivity index (χ1) is 18.6. The standard InChI is InChI=1S/C30H36N2O8/c1-29(2,3)39-27(37)31-15-17-11-7-9-13-19(17)21(23(31)25(33)34)22-20-14-10-8-12-18(20)16-32(24(22)26(35)36)28(38)40-30(4,5)6/h7-14,21-24H,15-16H2,1-6H3,(H,33,34)(H,35,36)/t21-,22+,23-,24+. The van der Waals surface area contributed by atoms with Gasteiger partial charge < -0.3 is 19.7 Å². The van der Waals surface area contributed by atoms with Crippen LogP contribution in [-0.2, 0) is 32.2 Å². The van der Waals surface area contributed by atoms with Crippen LogP contribution >= 0.6 is 0 Å². The van der Waals surface area contributed by atoms with Crippen molar-refractivity contribution in [3.8, 4) is 0 Å². The van der Waals surface area contributed by atoms with E-state index in [0.29, 0.717) is 22.3 Å². The monoisotopic (exact) mass is 552 g/mol. The summed E-state index contributed by atoms with van der Waals surface area (Å²) in [7, 11) is 0. The van der Waals surface area contributed by atoms with Crippen molar-refractivity contribution in [3.63, 3.8) is 0 Å². The van der Waals surface area contributed by atoms with Crippen LogP contribution < -0.4 is 0 Å². The molecule has 40 heavy (non-hydrogen) atoms. The number of rotatable bonds is 3. The Bertz CT molecular complexity index is 1220. The molecule has 2 aliphatic heterocycles. The van der Waals surface area contributed by atoms with Crippen LogP contribution in [0.5, 0.6) is 0 Å². The molecule has 2 aromatic rings. The van der Waals surface area contributed by atoms with Gasteiger partial charge in [-0.1, -0.05) is 48.5 Å². The lowest BCUT2D eigenvalue weighted by Gasteiger charge is -2.48. The molecule has 4 atom stereocenters. The van der Waals surface area contributed by atoms with Crippen LogP contribution in [0.3, 0.4) is 0 Å². The van der Waals surface area contributed by atoms with Crippen molar-refractivity contribution in [2.75, 3.05) is 0 Å². The molecule has 2 N–H and O–H groups in total. The third kappa shape index (κ3) is 5.76. The van der Waals surface area contributed by atoms with E-state index in [1.54, 1.807) is 90.1 Å². The number of benzene rings is 2. The molecule has 0 saturated carbocycles. The molecule has 2 heterocycles. The Balaban J connectivity index is 1.95. The maximum absolute atomic E-state index is 13.4. The van der Waals surface area contributed by atoms with Crippen molar-refractivity contribution < 1.29 is 38.9 Å². The summed E-state index contributed by atoms with van der Waals surface area (Å²) in [5.41, 5.74) is 0.778. The lowest BCUT2D eigenvalue weighted by Crippen LogP contribution is -2.59. The molecule has 0 bridgehead atoms. The Labute approximate surface area is 233 Å². The molecule has 2 aromatic carbocycles. The molecular weight excluding hydrogens is 516 g/mol. The maximum atomic E-state index is 13.4. The molecule has 10 nitrogen and oxygen atoms in total. The summed E-state index contributed by atoms with van der Waals surface area (Å²) in [4.78, 5) is 55.1. The zero-order valence-electron chi connectivity index (χ0n) is 23.6. The molecule has 2 aliphatic rings. The van der Waals surface area contributed by atoms with E-state index in [2.05, 4.69) is 0 Å². The number of carbonyl (C=O) groups is 4. The Kier molecular flexibility index (Phi) is 7.58. The molecule has 0 spiro atoms. The van der Waals surface area contributed by atoms with E-state index in [-0.39, 0.29) is 13.1 Å². The van der Waals surface area contributed by atoms with Gasteiger partial charge in [0.25, 0.3) is 0 Å². The number of nitrogens with zero attached hydrogens (tertiary/aromatic N) is 2. The Hall–Kier alpha value is -4.08. The molecule has 0 unspecified atom stereocenters. The fraction of sp³-hybridized carbons (Fsp3) is 0.467. The third-order valence-electron chi connectivity index (χ3n) is 7.01. The highest BCUT2D eigenvalue weighted by molar-refractivity contribution is 5.85. The first kappa shape index (κ1) is 28.9. The van der Waals surface area contributed by atoms with E-state index in [1.165, 1.54) is 0 Å². The zero-order valence-corrected chi connectivity index (χ0v) is 23.6. The largest absolute Gasteiger partial charge is 0.480 e. The van der Waals surface area contributed by atoms with Crippen LogP contribution in [0.2, 0.25) is 0 Å². The van der Waals surface area contributed by atoms with Gasteiger partial charge in [0.1, 0.15) is 23.3 Å². The van der Waals surface area contributed by atoms with Crippen molar-refractivity contribution in [2.45, 2.75) is 89.8 Å². The molecule has 4 rings (SSSR count). The van der Waals surface area contributed by atoms with Gasteiger partial charge in [0.05, 0.1) is 13.1 Å². The number of ether oxygens (including phenoxy) is 2. The molecule has 0 aliphatic carbocycles. The normalized spacial score (nSPS) is 22.6. The zero-order chi connectivity index (χ0) is 29.6. The van der Waals surface area contributed by atoms with E-state index in [0.717, 1.165) is 9.80 Å².